The van der Waals surface area contributed by atoms with E-state index in [1.165, 1.54) is 16.8 Å². The van der Waals surface area contributed by atoms with E-state index in [1.54, 1.807) is 36.4 Å². The van der Waals surface area contributed by atoms with Crippen LogP contribution in [0.4, 0.5) is 21.9 Å². The van der Waals surface area contributed by atoms with Crippen LogP contribution in [0.25, 0.3) is 0 Å². The van der Waals surface area contributed by atoms with E-state index in [4.69, 9.17) is 0 Å². The summed E-state index contributed by atoms with van der Waals surface area (Å²) < 4.78 is 1.27. The first kappa shape index (κ1) is 19.8. The fraction of sp³-hybridized carbons (Fsp3) is 0.143. The van der Waals surface area contributed by atoms with Crippen LogP contribution >= 0.6 is 0 Å². The van der Waals surface area contributed by atoms with Gasteiger partial charge in [-0.05, 0) is 48.9 Å². The Morgan fingerprint density at radius 1 is 0.828 bits per heavy atom. The zero-order valence-corrected chi connectivity index (χ0v) is 15.9. The molecule has 0 aliphatic rings. The number of para-hydroxylation sites is 1. The van der Waals surface area contributed by atoms with Gasteiger partial charge in [0.05, 0.1) is 0 Å². The number of hydrogen-bond acceptors (Lipinski definition) is 4. The lowest BCUT2D eigenvalue weighted by molar-refractivity contribution is 0.101. The number of anilines is 3. The van der Waals surface area contributed by atoms with Crippen molar-refractivity contribution in [2.75, 3.05) is 16.0 Å². The van der Waals surface area contributed by atoms with Gasteiger partial charge in [0.1, 0.15) is 5.69 Å². The highest BCUT2D eigenvalue weighted by Crippen LogP contribution is 2.15. The van der Waals surface area contributed by atoms with Crippen LogP contribution < -0.4 is 21.5 Å². The topological polar surface area (TPSA) is 105 Å². The van der Waals surface area contributed by atoms with Gasteiger partial charge in [-0.3, -0.25) is 9.59 Å². The summed E-state index contributed by atoms with van der Waals surface area (Å²) in [4.78, 5) is 36.1. The minimum absolute atomic E-state index is 0.155. The van der Waals surface area contributed by atoms with Gasteiger partial charge in [-0.25, -0.2) is 9.48 Å². The minimum atomic E-state index is -0.419. The first-order valence-electron chi connectivity index (χ1n) is 9.18. The molecule has 8 heteroatoms. The molecular weight excluding hydrogens is 370 g/mol. The Labute approximate surface area is 167 Å². The van der Waals surface area contributed by atoms with Crippen molar-refractivity contribution in [1.82, 2.24) is 9.78 Å². The van der Waals surface area contributed by atoms with Gasteiger partial charge in [-0.1, -0.05) is 25.1 Å². The maximum Gasteiger partial charge on any atom is 0.323 e. The van der Waals surface area contributed by atoms with Gasteiger partial charge in [-0.15, -0.1) is 0 Å². The van der Waals surface area contributed by atoms with Crippen LogP contribution in [0.15, 0.2) is 71.5 Å². The zero-order valence-electron chi connectivity index (χ0n) is 15.9. The molecule has 1 heterocycles. The molecule has 0 saturated carbocycles. The van der Waals surface area contributed by atoms with Gasteiger partial charge < -0.3 is 16.0 Å². The van der Waals surface area contributed by atoms with Gasteiger partial charge in [0.15, 0.2) is 0 Å². The second-order valence-electron chi connectivity index (χ2n) is 6.26. The van der Waals surface area contributed by atoms with Crippen LogP contribution in [0.2, 0.25) is 0 Å². The Morgan fingerprint density at radius 2 is 1.41 bits per heavy atom. The molecule has 0 unspecified atom stereocenters. The van der Waals surface area contributed by atoms with E-state index in [2.05, 4.69) is 21.0 Å². The number of nitrogens with zero attached hydrogens (tertiary/aromatic N) is 2. The molecule has 0 fully saturated rings. The van der Waals surface area contributed by atoms with Gasteiger partial charge in [-0.2, -0.15) is 5.10 Å². The normalized spacial score (nSPS) is 10.2. The van der Waals surface area contributed by atoms with Crippen molar-refractivity contribution >= 4 is 29.0 Å². The molecule has 0 atom stereocenters. The van der Waals surface area contributed by atoms with Gasteiger partial charge in [0.25, 0.3) is 11.5 Å². The summed E-state index contributed by atoms with van der Waals surface area (Å²) >= 11 is 0. The van der Waals surface area contributed by atoms with E-state index in [-0.39, 0.29) is 17.3 Å². The predicted octanol–water partition coefficient (Wildman–Crippen LogP) is 3.55. The van der Waals surface area contributed by atoms with Crippen molar-refractivity contribution in [2.45, 2.75) is 19.9 Å². The predicted molar refractivity (Wildman–Crippen MR) is 112 cm³/mol. The summed E-state index contributed by atoms with van der Waals surface area (Å²) in [6, 6.07) is 18.1. The van der Waals surface area contributed by atoms with Crippen LogP contribution in [0.1, 0.15) is 23.8 Å². The Kier molecular flexibility index (Phi) is 6.36. The van der Waals surface area contributed by atoms with Crippen LogP contribution in [-0.2, 0) is 6.54 Å². The molecule has 8 nitrogen and oxygen atoms in total. The first-order chi connectivity index (χ1) is 14.0. The maximum atomic E-state index is 12.4. The fourth-order valence-electron chi connectivity index (χ4n) is 2.59. The SMILES string of the molecule is CCCn1nc(C(=O)Nc2ccc(NC(=O)Nc3ccccc3)cc2)ccc1=O. The molecule has 0 aliphatic carbocycles. The quantitative estimate of drug-likeness (QED) is 0.597. The number of aromatic nitrogens is 2. The highest BCUT2D eigenvalue weighted by Gasteiger charge is 2.10. The number of hydrogen-bond donors (Lipinski definition) is 3. The highest BCUT2D eigenvalue weighted by atomic mass is 16.2. The van der Waals surface area contributed by atoms with Crippen LogP contribution in [-0.4, -0.2) is 21.7 Å². The number of benzene rings is 2. The van der Waals surface area contributed by atoms with Gasteiger partial charge in [0, 0.05) is 29.7 Å². The third-order valence-electron chi connectivity index (χ3n) is 3.97. The number of urea groups is 1. The molecule has 0 saturated heterocycles. The van der Waals surface area contributed by atoms with E-state index < -0.39 is 5.91 Å². The summed E-state index contributed by atoms with van der Waals surface area (Å²) in [7, 11) is 0. The van der Waals surface area contributed by atoms with Gasteiger partial charge >= 0.3 is 6.03 Å². The fourth-order valence-corrected chi connectivity index (χ4v) is 2.59. The van der Waals surface area contributed by atoms with E-state index in [9.17, 15) is 14.4 Å². The largest absolute Gasteiger partial charge is 0.323 e. The van der Waals surface area contributed by atoms with Crippen molar-refractivity contribution in [3.05, 3.63) is 82.8 Å². The van der Waals surface area contributed by atoms with E-state index in [1.807, 2.05) is 25.1 Å². The smallest absolute Gasteiger partial charge is 0.321 e. The number of aryl methyl sites for hydroxylation is 1. The van der Waals surface area contributed by atoms with Crippen molar-refractivity contribution in [3.63, 3.8) is 0 Å². The Morgan fingerprint density at radius 3 is 2.03 bits per heavy atom. The van der Waals surface area contributed by atoms with Crippen LogP contribution in [0.5, 0.6) is 0 Å². The summed E-state index contributed by atoms with van der Waals surface area (Å²) in [6.07, 6.45) is 0.740. The molecule has 3 aromatic rings. The average Bonchev–Trinajstić information content (AvgIpc) is 2.72. The standard InChI is InChI=1S/C21H21N5O3/c1-2-14-26-19(27)13-12-18(25-26)20(28)22-16-8-10-17(11-9-16)24-21(29)23-15-6-4-3-5-7-15/h3-13H,2,14H2,1H3,(H,22,28)(H2,23,24,29). The van der Waals surface area contributed by atoms with Crippen molar-refractivity contribution in [1.29, 1.82) is 0 Å². The van der Waals surface area contributed by atoms with Crippen molar-refractivity contribution in [2.24, 2.45) is 0 Å². The lowest BCUT2D eigenvalue weighted by Gasteiger charge is -2.09. The average molecular weight is 391 g/mol. The number of amides is 3. The molecule has 0 radical (unpaired) electrons. The monoisotopic (exact) mass is 391 g/mol. The molecule has 3 rings (SSSR count). The van der Waals surface area contributed by atoms with Gasteiger partial charge in [0.2, 0.25) is 0 Å². The Bertz CT molecular complexity index is 1050. The summed E-state index contributed by atoms with van der Waals surface area (Å²) in [5.74, 6) is -0.419. The molecule has 0 bridgehead atoms. The van der Waals surface area contributed by atoms with E-state index in [0.717, 1.165) is 6.42 Å². The molecule has 3 N–H and O–H groups in total. The molecule has 3 amide bonds. The summed E-state index contributed by atoms with van der Waals surface area (Å²) in [5.41, 5.74) is 1.71. The maximum absolute atomic E-state index is 12.4. The van der Waals surface area contributed by atoms with Crippen LogP contribution in [0, 0.1) is 0 Å². The van der Waals surface area contributed by atoms with E-state index >= 15 is 0 Å². The lowest BCUT2D eigenvalue weighted by Crippen LogP contribution is -2.26. The van der Waals surface area contributed by atoms with E-state index in [0.29, 0.717) is 23.6 Å². The molecular formula is C21H21N5O3. The Balaban J connectivity index is 1.60. The van der Waals surface area contributed by atoms with Crippen LogP contribution in [0.3, 0.4) is 0 Å². The zero-order chi connectivity index (χ0) is 20.6. The lowest BCUT2D eigenvalue weighted by atomic mass is 10.2. The molecule has 148 valence electrons. The van der Waals surface area contributed by atoms with Crippen molar-refractivity contribution < 1.29 is 9.59 Å². The highest BCUT2D eigenvalue weighted by molar-refractivity contribution is 6.03. The number of rotatable bonds is 6. The second-order valence-corrected chi connectivity index (χ2v) is 6.26. The van der Waals surface area contributed by atoms with Crippen molar-refractivity contribution in [3.8, 4) is 0 Å². The first-order valence-corrected chi connectivity index (χ1v) is 9.18. The summed E-state index contributed by atoms with van der Waals surface area (Å²) in [5, 5.41) is 12.2. The molecule has 0 spiro atoms. The third-order valence-corrected chi connectivity index (χ3v) is 3.97. The molecule has 0 aliphatic heterocycles. The number of carbonyl (C=O) groups is 2. The second kappa shape index (κ2) is 9.32. The third kappa shape index (κ3) is 5.52. The molecule has 1 aromatic heterocycles. The minimum Gasteiger partial charge on any atom is -0.321 e. The Hall–Kier alpha value is -3.94. The number of carbonyl (C=O) groups excluding carboxylic acids is 2. The number of nitrogens with one attached hydrogen (secondary N) is 3. The molecule has 2 aromatic carbocycles. The summed E-state index contributed by atoms with van der Waals surface area (Å²) in [6.45, 7) is 2.38. The molecule has 29 heavy (non-hydrogen) atoms.